The summed E-state index contributed by atoms with van der Waals surface area (Å²) in [6.07, 6.45) is 4.41. The van der Waals surface area contributed by atoms with Crippen LogP contribution in [0.25, 0.3) is 0 Å². The van der Waals surface area contributed by atoms with Crippen molar-refractivity contribution in [2.75, 3.05) is 24.7 Å². The molecule has 0 aromatic heterocycles. The second-order valence-corrected chi connectivity index (χ2v) is 6.13. The molecule has 0 aromatic rings. The highest BCUT2D eigenvalue weighted by atomic mass is 32.2. The predicted octanol–water partition coefficient (Wildman–Crippen LogP) is 2.03. The van der Waals surface area contributed by atoms with Gasteiger partial charge in [0.2, 0.25) is 0 Å². The smallest absolute Gasteiger partial charge is 0.166 e. The molecule has 16 heavy (non-hydrogen) atoms. The molecule has 0 saturated carbocycles. The maximum Gasteiger partial charge on any atom is 0.166 e. The molecule has 2 aliphatic heterocycles. The van der Waals surface area contributed by atoms with Crippen molar-refractivity contribution >= 4 is 11.8 Å². The second kappa shape index (κ2) is 5.71. The fourth-order valence-corrected chi connectivity index (χ4v) is 3.73. The monoisotopic (exact) mass is 246 g/mol. The first-order valence-electron chi connectivity index (χ1n) is 6.22. The van der Waals surface area contributed by atoms with Crippen LogP contribution >= 0.6 is 11.8 Å². The van der Waals surface area contributed by atoms with Crippen molar-refractivity contribution in [1.82, 2.24) is 0 Å². The minimum atomic E-state index is -0.400. The van der Waals surface area contributed by atoms with E-state index in [1.807, 2.05) is 18.7 Å². The lowest BCUT2D eigenvalue weighted by Crippen LogP contribution is -2.31. The van der Waals surface area contributed by atoms with Gasteiger partial charge in [-0.05, 0) is 43.6 Å². The van der Waals surface area contributed by atoms with E-state index in [0.29, 0.717) is 13.0 Å². The number of ether oxygens (including phenoxy) is 2. The first-order valence-corrected chi connectivity index (χ1v) is 7.38. The Labute approximate surface area is 102 Å². The molecular weight excluding hydrogens is 224 g/mol. The number of hydrogen-bond acceptors (Lipinski definition) is 4. The third-order valence-corrected chi connectivity index (χ3v) is 4.64. The van der Waals surface area contributed by atoms with Gasteiger partial charge in [0.05, 0.1) is 12.7 Å². The molecule has 0 aliphatic carbocycles. The Morgan fingerprint density at radius 2 is 2.38 bits per heavy atom. The fourth-order valence-electron chi connectivity index (χ4n) is 2.58. The van der Waals surface area contributed by atoms with E-state index in [2.05, 4.69) is 0 Å². The van der Waals surface area contributed by atoms with Gasteiger partial charge in [0, 0.05) is 13.0 Å². The zero-order valence-electron chi connectivity index (χ0n) is 9.98. The first kappa shape index (κ1) is 12.7. The molecule has 0 aromatic carbocycles. The van der Waals surface area contributed by atoms with Gasteiger partial charge in [-0.25, -0.2) is 0 Å². The van der Waals surface area contributed by atoms with Crippen LogP contribution in [0, 0.1) is 5.92 Å². The summed E-state index contributed by atoms with van der Waals surface area (Å²) in [5.41, 5.74) is 0. The number of aliphatic hydroxyl groups excluding tert-OH is 1. The fraction of sp³-hybridized carbons (Fsp3) is 1.00. The molecule has 0 spiro atoms. The molecule has 0 amide bonds. The van der Waals surface area contributed by atoms with E-state index in [0.717, 1.165) is 12.3 Å². The zero-order chi connectivity index (χ0) is 11.4. The van der Waals surface area contributed by atoms with Crippen LogP contribution in [0.1, 0.15) is 32.6 Å². The Hall–Kier alpha value is 0.230. The molecule has 0 radical (unpaired) electrons. The Morgan fingerprint density at radius 1 is 1.50 bits per heavy atom. The molecule has 0 bridgehead atoms. The van der Waals surface area contributed by atoms with Crippen LogP contribution in [-0.2, 0) is 9.47 Å². The largest absolute Gasteiger partial charge is 0.396 e. The molecule has 2 saturated heterocycles. The van der Waals surface area contributed by atoms with Crippen LogP contribution < -0.4 is 0 Å². The van der Waals surface area contributed by atoms with Crippen molar-refractivity contribution in [2.24, 2.45) is 5.92 Å². The Kier molecular flexibility index (Phi) is 4.53. The normalized spacial score (nSPS) is 40.1. The third kappa shape index (κ3) is 3.36. The lowest BCUT2D eigenvalue weighted by molar-refractivity contribution is -0.166. The lowest BCUT2D eigenvalue weighted by atomic mass is 9.97. The Balaban J connectivity index is 1.79. The van der Waals surface area contributed by atoms with Crippen molar-refractivity contribution in [1.29, 1.82) is 0 Å². The van der Waals surface area contributed by atoms with E-state index in [1.165, 1.54) is 24.3 Å². The maximum atomic E-state index is 8.88. The van der Waals surface area contributed by atoms with Crippen molar-refractivity contribution in [3.63, 3.8) is 0 Å². The van der Waals surface area contributed by atoms with Crippen molar-refractivity contribution in [3.8, 4) is 0 Å². The minimum Gasteiger partial charge on any atom is -0.396 e. The summed E-state index contributed by atoms with van der Waals surface area (Å²) < 4.78 is 11.7. The molecule has 2 heterocycles. The number of thioether (sulfide) groups is 1. The number of aliphatic hydroxyl groups is 1. The molecule has 2 aliphatic rings. The lowest BCUT2D eigenvalue weighted by Gasteiger charge is -2.30. The number of hydrogen-bond donors (Lipinski definition) is 1. The molecule has 2 fully saturated rings. The summed E-state index contributed by atoms with van der Waals surface area (Å²) in [6.45, 7) is 2.87. The van der Waals surface area contributed by atoms with Crippen molar-refractivity contribution in [3.05, 3.63) is 0 Å². The SMILES string of the molecule is CC1(CC2CCCSC2)OCC(CCO)O1. The quantitative estimate of drug-likeness (QED) is 0.824. The molecule has 2 rings (SSSR count). The van der Waals surface area contributed by atoms with Crippen LogP contribution in [0.5, 0.6) is 0 Å². The van der Waals surface area contributed by atoms with Crippen molar-refractivity contribution in [2.45, 2.75) is 44.5 Å². The summed E-state index contributed by atoms with van der Waals surface area (Å²) in [4.78, 5) is 0. The molecule has 4 heteroatoms. The molecular formula is C12H22O3S. The molecule has 1 N–H and O–H groups in total. The highest BCUT2D eigenvalue weighted by Gasteiger charge is 2.38. The third-order valence-electron chi connectivity index (χ3n) is 3.36. The Bertz CT molecular complexity index is 218. The maximum absolute atomic E-state index is 8.88. The van der Waals surface area contributed by atoms with Crippen LogP contribution in [0.3, 0.4) is 0 Å². The molecule has 3 nitrogen and oxygen atoms in total. The highest BCUT2D eigenvalue weighted by Crippen LogP contribution is 2.35. The standard InChI is InChI=1S/C12H22O3S/c1-12(7-10-3-2-6-16-9-10)14-8-11(15-12)4-5-13/h10-11,13H,2-9H2,1H3. The summed E-state index contributed by atoms with van der Waals surface area (Å²) in [5, 5.41) is 8.88. The van der Waals surface area contributed by atoms with E-state index >= 15 is 0 Å². The highest BCUT2D eigenvalue weighted by molar-refractivity contribution is 7.99. The van der Waals surface area contributed by atoms with Gasteiger partial charge in [0.15, 0.2) is 5.79 Å². The minimum absolute atomic E-state index is 0.0891. The topological polar surface area (TPSA) is 38.7 Å². The summed E-state index contributed by atoms with van der Waals surface area (Å²) in [5.74, 6) is 2.88. The zero-order valence-corrected chi connectivity index (χ0v) is 10.8. The van der Waals surface area contributed by atoms with Gasteiger partial charge in [-0.15, -0.1) is 0 Å². The van der Waals surface area contributed by atoms with Crippen LogP contribution in [0.15, 0.2) is 0 Å². The van der Waals surface area contributed by atoms with E-state index in [-0.39, 0.29) is 12.7 Å². The molecule has 3 unspecified atom stereocenters. The number of rotatable bonds is 4. The van der Waals surface area contributed by atoms with Crippen LogP contribution in [0.2, 0.25) is 0 Å². The van der Waals surface area contributed by atoms with Gasteiger partial charge in [-0.3, -0.25) is 0 Å². The van der Waals surface area contributed by atoms with Gasteiger partial charge in [0.25, 0.3) is 0 Å². The average Bonchev–Trinajstić information content (AvgIpc) is 2.62. The predicted molar refractivity (Wildman–Crippen MR) is 65.6 cm³/mol. The van der Waals surface area contributed by atoms with Crippen molar-refractivity contribution < 1.29 is 14.6 Å². The van der Waals surface area contributed by atoms with Gasteiger partial charge in [-0.2, -0.15) is 11.8 Å². The first-order chi connectivity index (χ1) is 7.72. The van der Waals surface area contributed by atoms with E-state index in [4.69, 9.17) is 14.6 Å². The summed E-state index contributed by atoms with van der Waals surface area (Å²) >= 11 is 2.05. The van der Waals surface area contributed by atoms with Crippen LogP contribution in [0.4, 0.5) is 0 Å². The summed E-state index contributed by atoms with van der Waals surface area (Å²) in [6, 6.07) is 0. The van der Waals surface area contributed by atoms with Gasteiger partial charge in [-0.1, -0.05) is 0 Å². The van der Waals surface area contributed by atoms with Crippen LogP contribution in [-0.4, -0.2) is 41.7 Å². The van der Waals surface area contributed by atoms with Gasteiger partial charge >= 0.3 is 0 Å². The Morgan fingerprint density at radius 3 is 3.06 bits per heavy atom. The second-order valence-electron chi connectivity index (χ2n) is 4.98. The van der Waals surface area contributed by atoms with E-state index < -0.39 is 5.79 Å². The van der Waals surface area contributed by atoms with Gasteiger partial charge < -0.3 is 14.6 Å². The van der Waals surface area contributed by atoms with E-state index in [9.17, 15) is 0 Å². The average molecular weight is 246 g/mol. The van der Waals surface area contributed by atoms with E-state index in [1.54, 1.807) is 0 Å². The molecule has 3 atom stereocenters. The summed E-state index contributed by atoms with van der Waals surface area (Å²) in [7, 11) is 0. The molecule has 94 valence electrons. The van der Waals surface area contributed by atoms with Gasteiger partial charge in [0.1, 0.15) is 0 Å².